The molecule has 0 aliphatic rings. The Morgan fingerprint density at radius 1 is 1.15 bits per heavy atom. The second kappa shape index (κ2) is 4.97. The normalized spacial score (nSPS) is 10.6. The van der Waals surface area contributed by atoms with Gasteiger partial charge in [0, 0.05) is 19.7 Å². The van der Waals surface area contributed by atoms with Gasteiger partial charge in [0.25, 0.3) is 5.56 Å². The molecule has 20 heavy (non-hydrogen) atoms. The summed E-state index contributed by atoms with van der Waals surface area (Å²) in [6.07, 6.45) is 0. The molecule has 0 aliphatic carbocycles. The van der Waals surface area contributed by atoms with Crippen LogP contribution in [-0.2, 0) is 14.1 Å². The largest absolute Gasteiger partial charge is 0.494 e. The van der Waals surface area contributed by atoms with E-state index in [1.54, 1.807) is 12.1 Å². The summed E-state index contributed by atoms with van der Waals surface area (Å²) in [5.74, 6) is -1.41. The maximum atomic E-state index is 12.4. The van der Waals surface area contributed by atoms with E-state index in [4.69, 9.17) is 11.6 Å². The standard InChI is InChI=1S/C13H11ClN2O4/c1-15-11(18)9(12(19)16(2)13(15)20)10(17)7-5-3-4-6-8(7)14/h3-6,18H,1-2H3. The lowest BCUT2D eigenvalue weighted by molar-refractivity contribution is 0.103. The molecule has 0 fully saturated rings. The molecule has 0 spiro atoms. The Bertz CT molecular complexity index is 820. The van der Waals surface area contributed by atoms with Gasteiger partial charge in [0.1, 0.15) is 5.56 Å². The zero-order chi connectivity index (χ0) is 15.0. The van der Waals surface area contributed by atoms with Crippen molar-refractivity contribution in [3.05, 3.63) is 61.3 Å². The lowest BCUT2D eigenvalue weighted by atomic mass is 10.1. The highest BCUT2D eigenvalue weighted by atomic mass is 35.5. The highest BCUT2D eigenvalue weighted by molar-refractivity contribution is 6.35. The molecule has 0 amide bonds. The Labute approximate surface area is 118 Å². The third kappa shape index (κ3) is 2.04. The Morgan fingerprint density at radius 2 is 1.75 bits per heavy atom. The molecule has 2 aromatic rings. The van der Waals surface area contributed by atoms with Crippen LogP contribution in [0, 0.1) is 0 Å². The zero-order valence-electron chi connectivity index (χ0n) is 10.8. The van der Waals surface area contributed by atoms with E-state index in [9.17, 15) is 19.5 Å². The van der Waals surface area contributed by atoms with Gasteiger partial charge in [0.15, 0.2) is 0 Å². The van der Waals surface area contributed by atoms with Gasteiger partial charge in [-0.05, 0) is 12.1 Å². The average Bonchev–Trinajstić information content (AvgIpc) is 2.43. The summed E-state index contributed by atoms with van der Waals surface area (Å²) in [5.41, 5.74) is -1.98. The van der Waals surface area contributed by atoms with Crippen LogP contribution in [0.15, 0.2) is 33.9 Å². The van der Waals surface area contributed by atoms with E-state index >= 15 is 0 Å². The van der Waals surface area contributed by atoms with E-state index in [1.807, 2.05) is 0 Å². The first-order valence-corrected chi connectivity index (χ1v) is 6.02. The molecule has 7 heteroatoms. The lowest BCUT2D eigenvalue weighted by Gasteiger charge is -2.10. The monoisotopic (exact) mass is 294 g/mol. The summed E-state index contributed by atoms with van der Waals surface area (Å²) in [4.78, 5) is 36.0. The van der Waals surface area contributed by atoms with Crippen LogP contribution in [0.4, 0.5) is 0 Å². The van der Waals surface area contributed by atoms with Crippen LogP contribution >= 0.6 is 11.6 Å². The summed E-state index contributed by atoms with van der Waals surface area (Å²) < 4.78 is 1.58. The van der Waals surface area contributed by atoms with Crippen molar-refractivity contribution in [2.75, 3.05) is 0 Å². The molecule has 104 valence electrons. The molecule has 0 atom stereocenters. The molecule has 0 bridgehead atoms. The molecule has 0 saturated carbocycles. The first-order valence-electron chi connectivity index (χ1n) is 5.64. The van der Waals surface area contributed by atoms with E-state index in [0.29, 0.717) is 0 Å². The number of ketones is 1. The van der Waals surface area contributed by atoms with Crippen molar-refractivity contribution < 1.29 is 9.90 Å². The molecule has 0 radical (unpaired) electrons. The minimum Gasteiger partial charge on any atom is -0.494 e. The fourth-order valence-corrected chi connectivity index (χ4v) is 2.03. The second-order valence-electron chi connectivity index (χ2n) is 4.21. The third-order valence-corrected chi connectivity index (χ3v) is 3.31. The summed E-state index contributed by atoms with van der Waals surface area (Å²) in [6.45, 7) is 0. The van der Waals surface area contributed by atoms with Crippen LogP contribution in [0.25, 0.3) is 0 Å². The molecule has 0 aliphatic heterocycles. The van der Waals surface area contributed by atoms with E-state index in [1.165, 1.54) is 26.2 Å². The fourth-order valence-electron chi connectivity index (χ4n) is 1.81. The molecule has 1 aromatic heterocycles. The summed E-state index contributed by atoms with van der Waals surface area (Å²) in [5, 5.41) is 10.1. The Hall–Kier alpha value is -2.34. The van der Waals surface area contributed by atoms with Gasteiger partial charge in [0.05, 0.1) is 5.02 Å². The second-order valence-corrected chi connectivity index (χ2v) is 4.62. The van der Waals surface area contributed by atoms with Crippen LogP contribution in [-0.4, -0.2) is 20.0 Å². The number of aromatic nitrogens is 2. The summed E-state index contributed by atoms with van der Waals surface area (Å²) in [6, 6.07) is 6.16. The predicted octanol–water partition coefficient (Wildman–Crippen LogP) is 0.674. The van der Waals surface area contributed by atoms with Gasteiger partial charge in [0.2, 0.25) is 11.7 Å². The Kier molecular flexibility index (Phi) is 3.50. The molecule has 1 heterocycles. The van der Waals surface area contributed by atoms with Gasteiger partial charge < -0.3 is 5.11 Å². The number of aromatic hydroxyl groups is 1. The molecule has 0 saturated heterocycles. The molecular formula is C13H11ClN2O4. The number of nitrogens with zero attached hydrogens (tertiary/aromatic N) is 2. The first kappa shape index (κ1) is 14.1. The maximum Gasteiger partial charge on any atom is 0.333 e. The quantitative estimate of drug-likeness (QED) is 0.826. The topological polar surface area (TPSA) is 81.3 Å². The van der Waals surface area contributed by atoms with Crippen LogP contribution in [0.2, 0.25) is 5.02 Å². The minimum absolute atomic E-state index is 0.0835. The smallest absolute Gasteiger partial charge is 0.333 e. The van der Waals surface area contributed by atoms with Crippen LogP contribution in [0.1, 0.15) is 15.9 Å². The highest BCUT2D eigenvalue weighted by Gasteiger charge is 2.24. The number of benzene rings is 1. The van der Waals surface area contributed by atoms with Crippen LogP contribution < -0.4 is 11.2 Å². The maximum absolute atomic E-state index is 12.4. The van der Waals surface area contributed by atoms with Gasteiger partial charge >= 0.3 is 5.69 Å². The van der Waals surface area contributed by atoms with Gasteiger partial charge in [-0.25, -0.2) is 4.79 Å². The number of hydrogen-bond acceptors (Lipinski definition) is 4. The highest BCUT2D eigenvalue weighted by Crippen LogP contribution is 2.21. The average molecular weight is 295 g/mol. The predicted molar refractivity (Wildman–Crippen MR) is 73.5 cm³/mol. The molecule has 2 rings (SSSR count). The molecule has 1 N–H and O–H groups in total. The zero-order valence-corrected chi connectivity index (χ0v) is 11.5. The van der Waals surface area contributed by atoms with E-state index in [-0.39, 0.29) is 10.6 Å². The van der Waals surface area contributed by atoms with E-state index in [0.717, 1.165) is 9.13 Å². The number of hydrogen-bond donors (Lipinski definition) is 1. The van der Waals surface area contributed by atoms with Gasteiger partial charge in [-0.1, -0.05) is 23.7 Å². The van der Waals surface area contributed by atoms with E-state index < -0.39 is 28.5 Å². The number of carbonyl (C=O) groups excluding carboxylic acids is 1. The Balaban J connectivity index is 2.78. The van der Waals surface area contributed by atoms with Gasteiger partial charge in [-0.15, -0.1) is 0 Å². The number of halogens is 1. The summed E-state index contributed by atoms with van der Waals surface area (Å²) in [7, 11) is 2.49. The van der Waals surface area contributed by atoms with Crippen molar-refractivity contribution in [1.82, 2.24) is 9.13 Å². The van der Waals surface area contributed by atoms with Gasteiger partial charge in [-0.2, -0.15) is 0 Å². The Morgan fingerprint density at radius 3 is 2.35 bits per heavy atom. The van der Waals surface area contributed by atoms with Crippen molar-refractivity contribution in [1.29, 1.82) is 0 Å². The summed E-state index contributed by atoms with van der Waals surface area (Å²) >= 11 is 5.90. The first-order chi connectivity index (χ1) is 9.36. The van der Waals surface area contributed by atoms with Crippen molar-refractivity contribution in [2.45, 2.75) is 0 Å². The number of rotatable bonds is 2. The van der Waals surface area contributed by atoms with Crippen molar-refractivity contribution in [3.8, 4) is 5.88 Å². The molecular weight excluding hydrogens is 284 g/mol. The minimum atomic E-state index is -0.865. The fraction of sp³-hybridized carbons (Fsp3) is 0.154. The van der Waals surface area contributed by atoms with Crippen LogP contribution in [0.3, 0.4) is 0 Å². The van der Waals surface area contributed by atoms with Crippen LogP contribution in [0.5, 0.6) is 5.88 Å². The van der Waals surface area contributed by atoms with Crippen molar-refractivity contribution >= 4 is 17.4 Å². The molecule has 1 aromatic carbocycles. The molecule has 0 unspecified atom stereocenters. The number of carbonyl (C=O) groups is 1. The van der Waals surface area contributed by atoms with Crippen molar-refractivity contribution in [3.63, 3.8) is 0 Å². The lowest BCUT2D eigenvalue weighted by Crippen LogP contribution is -2.40. The third-order valence-electron chi connectivity index (χ3n) is 2.98. The van der Waals surface area contributed by atoms with E-state index in [2.05, 4.69) is 0 Å². The SMILES string of the molecule is Cn1c(O)c(C(=O)c2ccccc2Cl)c(=O)n(C)c1=O. The van der Waals surface area contributed by atoms with Gasteiger partial charge in [-0.3, -0.25) is 18.7 Å². The molecule has 6 nitrogen and oxygen atoms in total. The van der Waals surface area contributed by atoms with Crippen molar-refractivity contribution in [2.24, 2.45) is 14.1 Å².